The van der Waals surface area contributed by atoms with Crippen LogP contribution in [0, 0.1) is 0 Å². The molecule has 0 saturated carbocycles. The van der Waals surface area contributed by atoms with E-state index in [-0.39, 0.29) is 11.9 Å². The first kappa shape index (κ1) is 21.4. The number of carbonyl (C=O) groups excluding carboxylic acids is 1. The second kappa shape index (κ2) is 8.27. The maximum Gasteiger partial charge on any atom is 0.219 e. The largest absolute Gasteiger partial charge is 0.379 e. The predicted molar refractivity (Wildman–Crippen MR) is 130 cm³/mol. The van der Waals surface area contributed by atoms with Gasteiger partial charge in [0.2, 0.25) is 5.91 Å². The number of rotatable bonds is 3. The number of anilines is 2. The SMILES string of the molecule is CC(=O)N1CCc2c(c(N3CCC(C)c4cc(-c5cnn(C)c5)ccc43)nn2[C@@H]2CCOC2)C1. The van der Waals surface area contributed by atoms with E-state index in [1.165, 1.54) is 28.1 Å². The Morgan fingerprint density at radius 2 is 2.06 bits per heavy atom. The van der Waals surface area contributed by atoms with Crippen LogP contribution in [0.4, 0.5) is 11.5 Å². The molecule has 0 spiro atoms. The van der Waals surface area contributed by atoms with Crippen molar-refractivity contribution in [3.05, 3.63) is 47.4 Å². The number of nitrogens with zero attached hydrogens (tertiary/aromatic N) is 6. The summed E-state index contributed by atoms with van der Waals surface area (Å²) in [6.07, 6.45) is 6.88. The molecule has 1 fully saturated rings. The first-order chi connectivity index (χ1) is 16.5. The van der Waals surface area contributed by atoms with Gasteiger partial charge >= 0.3 is 0 Å². The van der Waals surface area contributed by atoms with Gasteiger partial charge in [0.1, 0.15) is 0 Å². The summed E-state index contributed by atoms with van der Waals surface area (Å²) in [6, 6.07) is 7.03. The monoisotopic (exact) mass is 460 g/mol. The van der Waals surface area contributed by atoms with Crippen molar-refractivity contribution in [1.29, 1.82) is 0 Å². The van der Waals surface area contributed by atoms with Gasteiger partial charge in [0.25, 0.3) is 0 Å². The molecule has 178 valence electrons. The van der Waals surface area contributed by atoms with Crippen molar-refractivity contribution >= 4 is 17.4 Å². The molecule has 2 atom stereocenters. The Kier molecular flexibility index (Phi) is 5.21. The van der Waals surface area contributed by atoms with Crippen LogP contribution >= 0.6 is 0 Å². The molecule has 8 heteroatoms. The zero-order valence-electron chi connectivity index (χ0n) is 20.2. The Hall–Kier alpha value is -3.13. The molecule has 0 radical (unpaired) electrons. The van der Waals surface area contributed by atoms with E-state index >= 15 is 0 Å². The number of aromatic nitrogens is 4. The molecule has 1 saturated heterocycles. The van der Waals surface area contributed by atoms with E-state index in [1.807, 2.05) is 22.8 Å². The maximum absolute atomic E-state index is 12.2. The summed E-state index contributed by atoms with van der Waals surface area (Å²) >= 11 is 0. The number of carbonyl (C=O) groups is 1. The lowest BCUT2D eigenvalue weighted by atomic mass is 9.89. The van der Waals surface area contributed by atoms with E-state index in [2.05, 4.69) is 46.0 Å². The fourth-order valence-electron chi connectivity index (χ4n) is 5.69. The number of aryl methyl sites for hydroxylation is 1. The van der Waals surface area contributed by atoms with E-state index in [4.69, 9.17) is 9.84 Å². The molecule has 3 aromatic rings. The van der Waals surface area contributed by atoms with Crippen LogP contribution in [0.3, 0.4) is 0 Å². The smallest absolute Gasteiger partial charge is 0.219 e. The Morgan fingerprint density at radius 1 is 1.18 bits per heavy atom. The van der Waals surface area contributed by atoms with Crippen molar-refractivity contribution in [2.75, 3.05) is 31.2 Å². The number of fused-ring (bicyclic) bond motifs is 2. The summed E-state index contributed by atoms with van der Waals surface area (Å²) in [5.74, 6) is 1.61. The van der Waals surface area contributed by atoms with Crippen LogP contribution in [0.1, 0.15) is 55.5 Å². The number of amides is 1. The van der Waals surface area contributed by atoms with Crippen molar-refractivity contribution in [2.45, 2.75) is 51.6 Å². The van der Waals surface area contributed by atoms with E-state index in [9.17, 15) is 4.79 Å². The van der Waals surface area contributed by atoms with Crippen molar-refractivity contribution < 1.29 is 9.53 Å². The topological polar surface area (TPSA) is 68.4 Å². The number of hydrogen-bond acceptors (Lipinski definition) is 5. The highest BCUT2D eigenvalue weighted by molar-refractivity contribution is 5.76. The number of ether oxygens (including phenoxy) is 1. The van der Waals surface area contributed by atoms with Gasteiger partial charge in [0.15, 0.2) is 5.82 Å². The van der Waals surface area contributed by atoms with Crippen molar-refractivity contribution in [3.8, 4) is 11.1 Å². The molecule has 8 nitrogen and oxygen atoms in total. The molecule has 1 aromatic carbocycles. The molecule has 0 aliphatic carbocycles. The Labute approximate surface area is 200 Å². The summed E-state index contributed by atoms with van der Waals surface area (Å²) in [6.45, 7) is 7.78. The second-order valence-corrected chi connectivity index (χ2v) is 9.92. The molecular weight excluding hydrogens is 428 g/mol. The third-order valence-electron chi connectivity index (χ3n) is 7.69. The molecule has 34 heavy (non-hydrogen) atoms. The minimum atomic E-state index is 0.127. The van der Waals surface area contributed by atoms with Crippen molar-refractivity contribution in [2.24, 2.45) is 7.05 Å². The zero-order valence-corrected chi connectivity index (χ0v) is 20.2. The van der Waals surface area contributed by atoms with Gasteiger partial charge in [0, 0.05) is 68.8 Å². The molecule has 1 amide bonds. The summed E-state index contributed by atoms with van der Waals surface area (Å²) in [5.41, 5.74) is 7.37. The summed E-state index contributed by atoms with van der Waals surface area (Å²) < 4.78 is 9.76. The summed E-state index contributed by atoms with van der Waals surface area (Å²) in [4.78, 5) is 16.6. The third kappa shape index (κ3) is 3.52. The van der Waals surface area contributed by atoms with Crippen LogP contribution in [-0.4, -0.2) is 56.7 Å². The van der Waals surface area contributed by atoms with Crippen LogP contribution < -0.4 is 4.90 Å². The average Bonchev–Trinajstić information content (AvgIpc) is 3.59. The Bertz CT molecular complexity index is 1240. The highest BCUT2D eigenvalue weighted by Gasteiger charge is 2.34. The second-order valence-electron chi connectivity index (χ2n) is 9.92. The molecule has 5 heterocycles. The quantitative estimate of drug-likeness (QED) is 0.595. The van der Waals surface area contributed by atoms with Gasteiger partial charge in [-0.05, 0) is 42.0 Å². The third-order valence-corrected chi connectivity index (χ3v) is 7.69. The minimum absolute atomic E-state index is 0.127. The fourth-order valence-corrected chi connectivity index (χ4v) is 5.69. The van der Waals surface area contributed by atoms with Crippen LogP contribution in [0.5, 0.6) is 0 Å². The lowest BCUT2D eigenvalue weighted by Gasteiger charge is -2.35. The first-order valence-corrected chi connectivity index (χ1v) is 12.3. The van der Waals surface area contributed by atoms with E-state index in [0.29, 0.717) is 19.1 Å². The number of hydrogen-bond donors (Lipinski definition) is 0. The molecular formula is C26H32N6O2. The van der Waals surface area contributed by atoms with Gasteiger partial charge in [-0.15, -0.1) is 0 Å². The van der Waals surface area contributed by atoms with Gasteiger partial charge in [-0.1, -0.05) is 13.0 Å². The molecule has 6 rings (SSSR count). The van der Waals surface area contributed by atoms with Crippen molar-refractivity contribution in [1.82, 2.24) is 24.5 Å². The minimum Gasteiger partial charge on any atom is -0.379 e. The Balaban J connectivity index is 1.44. The highest BCUT2D eigenvalue weighted by Crippen LogP contribution is 2.43. The van der Waals surface area contributed by atoms with E-state index < -0.39 is 0 Å². The van der Waals surface area contributed by atoms with Gasteiger partial charge in [0.05, 0.1) is 25.4 Å². The van der Waals surface area contributed by atoms with Gasteiger partial charge in [-0.3, -0.25) is 14.2 Å². The van der Waals surface area contributed by atoms with E-state index in [1.54, 1.807) is 6.92 Å². The molecule has 3 aliphatic rings. The molecule has 1 unspecified atom stereocenters. The summed E-state index contributed by atoms with van der Waals surface area (Å²) in [5, 5.41) is 9.56. The van der Waals surface area contributed by atoms with Crippen LogP contribution in [-0.2, 0) is 29.5 Å². The van der Waals surface area contributed by atoms with Crippen LogP contribution in [0.15, 0.2) is 30.6 Å². The van der Waals surface area contributed by atoms with Crippen molar-refractivity contribution in [3.63, 3.8) is 0 Å². The predicted octanol–water partition coefficient (Wildman–Crippen LogP) is 3.79. The van der Waals surface area contributed by atoms with E-state index in [0.717, 1.165) is 50.3 Å². The fraction of sp³-hybridized carbons (Fsp3) is 0.500. The molecule has 0 bridgehead atoms. The average molecular weight is 461 g/mol. The standard InChI is InChI=1S/C26H32N6O2/c1-17-6-10-31(24-5-4-19(12-22(17)24)20-13-27-29(3)14-20)26-23-15-30(18(2)33)9-7-25(23)32(28-26)21-8-11-34-16-21/h4-5,12-14,17,21H,6-11,15-16H2,1-3H3/t17?,21-/m1/s1. The first-order valence-electron chi connectivity index (χ1n) is 12.3. The van der Waals surface area contributed by atoms with Crippen LogP contribution in [0.2, 0.25) is 0 Å². The van der Waals surface area contributed by atoms with Gasteiger partial charge in [-0.25, -0.2) is 0 Å². The van der Waals surface area contributed by atoms with Gasteiger partial charge < -0.3 is 14.5 Å². The Morgan fingerprint density at radius 3 is 2.79 bits per heavy atom. The molecule has 2 aromatic heterocycles. The lowest BCUT2D eigenvalue weighted by Crippen LogP contribution is -2.36. The molecule has 0 N–H and O–H groups in total. The maximum atomic E-state index is 12.2. The number of benzene rings is 1. The molecule has 3 aliphatic heterocycles. The summed E-state index contributed by atoms with van der Waals surface area (Å²) in [7, 11) is 1.95. The van der Waals surface area contributed by atoms with Crippen LogP contribution in [0.25, 0.3) is 11.1 Å². The van der Waals surface area contributed by atoms with Gasteiger partial charge in [-0.2, -0.15) is 10.2 Å². The normalized spacial score (nSPS) is 22.1. The lowest BCUT2D eigenvalue weighted by molar-refractivity contribution is -0.129. The highest BCUT2D eigenvalue weighted by atomic mass is 16.5. The zero-order chi connectivity index (χ0) is 23.4.